The molecule has 1 fully saturated rings. The molecular formula is C9H16O3S. The molecule has 0 amide bonds. The van der Waals surface area contributed by atoms with Crippen LogP contribution in [0.2, 0.25) is 0 Å². The second kappa shape index (κ2) is 5.50. The molecule has 1 atom stereocenters. The van der Waals surface area contributed by atoms with Gasteiger partial charge in [-0.1, -0.05) is 19.8 Å². The zero-order chi connectivity index (χ0) is 9.68. The van der Waals surface area contributed by atoms with Crippen LogP contribution >= 0.6 is 11.8 Å². The highest BCUT2D eigenvalue weighted by molar-refractivity contribution is 8.01. The Bertz CT molecular complexity index is 168. The number of aliphatic carboxylic acids is 1. The summed E-state index contributed by atoms with van der Waals surface area (Å²) in [7, 11) is 0. The highest BCUT2D eigenvalue weighted by Crippen LogP contribution is 2.27. The smallest absolute Gasteiger partial charge is 0.316 e. The van der Waals surface area contributed by atoms with Crippen LogP contribution in [0.1, 0.15) is 26.2 Å². The number of unbranched alkanes of at least 4 members (excludes halogenated alkanes) is 1. The standard InChI is InChI=1S/C9H16O3S/c1-2-3-4-8(9(10)11)13-7-5-12-6-7/h7-8H,2-6H2,1H3,(H,10,11). The molecule has 13 heavy (non-hydrogen) atoms. The van der Waals surface area contributed by atoms with E-state index in [2.05, 4.69) is 6.92 Å². The molecule has 4 heteroatoms. The van der Waals surface area contributed by atoms with Gasteiger partial charge in [0.15, 0.2) is 0 Å². The van der Waals surface area contributed by atoms with Crippen molar-refractivity contribution in [2.75, 3.05) is 13.2 Å². The van der Waals surface area contributed by atoms with Gasteiger partial charge in [-0.2, -0.15) is 0 Å². The molecule has 1 N–H and O–H groups in total. The van der Waals surface area contributed by atoms with Gasteiger partial charge >= 0.3 is 5.97 Å². The van der Waals surface area contributed by atoms with Crippen molar-refractivity contribution in [1.82, 2.24) is 0 Å². The minimum Gasteiger partial charge on any atom is -0.480 e. The van der Waals surface area contributed by atoms with Crippen LogP contribution in [0.4, 0.5) is 0 Å². The maximum Gasteiger partial charge on any atom is 0.316 e. The van der Waals surface area contributed by atoms with Crippen molar-refractivity contribution in [3.63, 3.8) is 0 Å². The number of hydrogen-bond donors (Lipinski definition) is 1. The lowest BCUT2D eigenvalue weighted by Gasteiger charge is -2.27. The zero-order valence-electron chi connectivity index (χ0n) is 7.86. The summed E-state index contributed by atoms with van der Waals surface area (Å²) in [4.78, 5) is 10.8. The van der Waals surface area contributed by atoms with Crippen LogP contribution in [0.5, 0.6) is 0 Å². The molecule has 0 bridgehead atoms. The number of carboxylic acids is 1. The van der Waals surface area contributed by atoms with Crippen LogP contribution in [0.25, 0.3) is 0 Å². The number of ether oxygens (including phenoxy) is 1. The van der Waals surface area contributed by atoms with Gasteiger partial charge in [-0.05, 0) is 6.42 Å². The summed E-state index contributed by atoms with van der Waals surface area (Å²) >= 11 is 1.55. The van der Waals surface area contributed by atoms with E-state index in [4.69, 9.17) is 9.84 Å². The zero-order valence-corrected chi connectivity index (χ0v) is 8.68. The summed E-state index contributed by atoms with van der Waals surface area (Å²) in [5.41, 5.74) is 0. The lowest BCUT2D eigenvalue weighted by Crippen LogP contribution is -2.34. The van der Waals surface area contributed by atoms with E-state index in [1.807, 2.05) is 0 Å². The second-order valence-electron chi connectivity index (χ2n) is 3.26. The topological polar surface area (TPSA) is 46.5 Å². The summed E-state index contributed by atoms with van der Waals surface area (Å²) in [5, 5.41) is 9.09. The average Bonchev–Trinajstić information content (AvgIpc) is 2.01. The Balaban J connectivity index is 2.23. The van der Waals surface area contributed by atoms with Gasteiger partial charge in [0.25, 0.3) is 0 Å². The largest absolute Gasteiger partial charge is 0.480 e. The third-order valence-electron chi connectivity index (χ3n) is 2.06. The van der Waals surface area contributed by atoms with Gasteiger partial charge in [0.2, 0.25) is 0 Å². The van der Waals surface area contributed by atoms with Crippen LogP contribution in [0.3, 0.4) is 0 Å². The molecule has 1 saturated heterocycles. The number of rotatable bonds is 6. The van der Waals surface area contributed by atoms with E-state index in [9.17, 15) is 4.79 Å². The Kier molecular flexibility index (Phi) is 4.59. The number of carbonyl (C=O) groups is 1. The number of hydrogen-bond acceptors (Lipinski definition) is 3. The first-order valence-electron chi connectivity index (χ1n) is 4.70. The Labute approximate surface area is 82.8 Å². The lowest BCUT2D eigenvalue weighted by molar-refractivity contribution is -0.136. The van der Waals surface area contributed by atoms with Crippen molar-refractivity contribution in [1.29, 1.82) is 0 Å². The number of carboxylic acid groups (broad SMARTS) is 1. The fourth-order valence-corrected chi connectivity index (χ4v) is 2.40. The maximum atomic E-state index is 10.8. The molecule has 0 aliphatic carbocycles. The van der Waals surface area contributed by atoms with Gasteiger partial charge in [-0.3, -0.25) is 4.79 Å². The summed E-state index contributed by atoms with van der Waals surface area (Å²) in [6, 6.07) is 0. The monoisotopic (exact) mass is 204 g/mol. The molecule has 0 aromatic heterocycles. The van der Waals surface area contributed by atoms with Crippen LogP contribution in [-0.2, 0) is 9.53 Å². The van der Waals surface area contributed by atoms with Crippen molar-refractivity contribution < 1.29 is 14.6 Å². The Hall–Kier alpha value is -0.220. The molecule has 1 aliphatic heterocycles. The summed E-state index contributed by atoms with van der Waals surface area (Å²) in [6.07, 6.45) is 2.84. The van der Waals surface area contributed by atoms with Crippen molar-refractivity contribution in [3.05, 3.63) is 0 Å². The van der Waals surface area contributed by atoms with Crippen molar-refractivity contribution in [3.8, 4) is 0 Å². The molecule has 1 unspecified atom stereocenters. The fraction of sp³-hybridized carbons (Fsp3) is 0.889. The van der Waals surface area contributed by atoms with Gasteiger partial charge in [-0.25, -0.2) is 0 Å². The van der Waals surface area contributed by atoms with E-state index in [0.717, 1.165) is 32.5 Å². The lowest BCUT2D eigenvalue weighted by atomic mass is 10.2. The Morgan fingerprint density at radius 2 is 2.38 bits per heavy atom. The van der Waals surface area contributed by atoms with Gasteiger partial charge in [0.05, 0.1) is 18.5 Å². The highest BCUT2D eigenvalue weighted by atomic mass is 32.2. The van der Waals surface area contributed by atoms with E-state index in [-0.39, 0.29) is 5.25 Å². The van der Waals surface area contributed by atoms with Crippen LogP contribution < -0.4 is 0 Å². The van der Waals surface area contributed by atoms with Crippen LogP contribution in [0.15, 0.2) is 0 Å². The predicted octanol–water partition coefficient (Wildman–Crippen LogP) is 1.76. The fourth-order valence-electron chi connectivity index (χ4n) is 1.16. The number of thioether (sulfide) groups is 1. The summed E-state index contributed by atoms with van der Waals surface area (Å²) in [5.74, 6) is -0.676. The minimum atomic E-state index is -0.676. The minimum absolute atomic E-state index is 0.228. The van der Waals surface area contributed by atoms with E-state index in [1.165, 1.54) is 0 Å². The van der Waals surface area contributed by atoms with Crippen molar-refractivity contribution >= 4 is 17.7 Å². The Morgan fingerprint density at radius 1 is 1.69 bits per heavy atom. The highest BCUT2D eigenvalue weighted by Gasteiger charge is 2.27. The van der Waals surface area contributed by atoms with E-state index < -0.39 is 5.97 Å². The Morgan fingerprint density at radius 3 is 2.77 bits per heavy atom. The maximum absolute atomic E-state index is 10.8. The van der Waals surface area contributed by atoms with Crippen LogP contribution in [0, 0.1) is 0 Å². The van der Waals surface area contributed by atoms with Crippen molar-refractivity contribution in [2.45, 2.75) is 36.7 Å². The molecule has 76 valence electrons. The molecule has 0 aromatic carbocycles. The normalized spacial score (nSPS) is 19.5. The van der Waals surface area contributed by atoms with E-state index >= 15 is 0 Å². The summed E-state index contributed by atoms with van der Waals surface area (Å²) in [6.45, 7) is 3.52. The molecule has 0 aromatic rings. The molecule has 1 aliphatic rings. The van der Waals surface area contributed by atoms with Gasteiger partial charge in [0.1, 0.15) is 5.25 Å². The van der Waals surface area contributed by atoms with Crippen LogP contribution in [-0.4, -0.2) is 34.8 Å². The molecule has 1 rings (SSSR count). The van der Waals surface area contributed by atoms with E-state index in [1.54, 1.807) is 11.8 Å². The molecule has 0 spiro atoms. The SMILES string of the molecule is CCCCC(SC1COC1)C(=O)O. The quantitative estimate of drug-likeness (QED) is 0.716. The van der Waals surface area contributed by atoms with Gasteiger partial charge in [-0.15, -0.1) is 11.8 Å². The third kappa shape index (κ3) is 3.56. The van der Waals surface area contributed by atoms with Gasteiger partial charge < -0.3 is 9.84 Å². The predicted molar refractivity (Wildman–Crippen MR) is 53.1 cm³/mol. The molecule has 3 nitrogen and oxygen atoms in total. The first-order valence-corrected chi connectivity index (χ1v) is 5.64. The molecular weight excluding hydrogens is 188 g/mol. The first kappa shape index (κ1) is 10.9. The second-order valence-corrected chi connectivity index (χ2v) is 4.77. The van der Waals surface area contributed by atoms with Crippen molar-refractivity contribution in [2.24, 2.45) is 0 Å². The third-order valence-corrected chi connectivity index (χ3v) is 3.48. The van der Waals surface area contributed by atoms with Gasteiger partial charge in [0, 0.05) is 0 Å². The first-order chi connectivity index (χ1) is 6.24. The molecule has 0 saturated carbocycles. The molecule has 0 radical (unpaired) electrons. The van der Waals surface area contributed by atoms with E-state index in [0.29, 0.717) is 5.25 Å². The molecule has 1 heterocycles. The summed E-state index contributed by atoms with van der Waals surface area (Å²) < 4.78 is 5.01. The average molecular weight is 204 g/mol.